The highest BCUT2D eigenvalue weighted by Crippen LogP contribution is 2.39. The molecule has 8 bridgehead atoms. The number of nitrogens with zero attached hydrogens (tertiary/aromatic N) is 4. The van der Waals surface area contributed by atoms with E-state index in [1.54, 1.807) is 72.8 Å². The molecule has 0 fully saturated rings. The lowest BCUT2D eigenvalue weighted by Gasteiger charge is -2.07. The molecule has 0 radical (unpaired) electrons. The quantitative estimate of drug-likeness (QED) is 0.0633. The monoisotopic (exact) mass is 864 g/mol. The Bertz CT molecular complexity index is 3250. The van der Waals surface area contributed by atoms with Gasteiger partial charge < -0.3 is 9.97 Å². The van der Waals surface area contributed by atoms with E-state index in [0.717, 1.165) is 0 Å². The minimum absolute atomic E-state index is 0.121. The number of benzene rings is 4. The summed E-state index contributed by atoms with van der Waals surface area (Å²) in [6.07, 6.45) is 7.10. The lowest BCUT2D eigenvalue weighted by Crippen LogP contribution is -1.97. The molecule has 0 aliphatic carbocycles. The van der Waals surface area contributed by atoms with E-state index in [4.69, 9.17) is 9.97 Å². The van der Waals surface area contributed by atoms with Crippen molar-refractivity contribution in [3.8, 4) is 44.5 Å². The molecule has 5 heterocycles. The molecule has 62 heavy (non-hydrogen) atoms. The van der Waals surface area contributed by atoms with Crippen molar-refractivity contribution in [2.75, 3.05) is 0 Å². The van der Waals surface area contributed by atoms with E-state index < -0.39 is 30.1 Å². The van der Waals surface area contributed by atoms with Crippen LogP contribution in [0.25, 0.3) is 90.9 Å². The van der Waals surface area contributed by atoms with E-state index in [1.807, 2.05) is 0 Å². The predicted molar refractivity (Wildman–Crippen MR) is 234 cm³/mol. The third kappa shape index (κ3) is 7.34. The Morgan fingerprint density at radius 2 is 0.645 bits per heavy atom. The number of nitro benzene ring substituents is 2. The topological polar surface area (TPSA) is 252 Å². The fourth-order valence-corrected chi connectivity index (χ4v) is 8.47. The second-order valence-corrected chi connectivity index (χ2v) is 17.0. The first-order valence-corrected chi connectivity index (χ1v) is 21.3. The van der Waals surface area contributed by atoms with Gasteiger partial charge in [0.05, 0.1) is 42.4 Å². The summed E-state index contributed by atoms with van der Waals surface area (Å²) in [6, 6.07) is 30.4. The van der Waals surface area contributed by atoms with Crippen molar-refractivity contribution in [1.82, 2.24) is 19.9 Å². The maximum Gasteiger partial charge on any atom is 0.294 e. The van der Waals surface area contributed by atoms with Crippen molar-refractivity contribution in [2.45, 2.75) is 9.79 Å². The Morgan fingerprint density at radius 1 is 0.403 bits per heavy atom. The van der Waals surface area contributed by atoms with Crippen molar-refractivity contribution >= 4 is 78.0 Å². The third-order valence-electron chi connectivity index (χ3n) is 10.4. The van der Waals surface area contributed by atoms with E-state index in [9.17, 15) is 46.2 Å². The molecule has 2 aliphatic rings. The van der Waals surface area contributed by atoms with Crippen LogP contribution in [0.3, 0.4) is 0 Å². The molecule has 0 spiro atoms. The first kappa shape index (κ1) is 39.6. The van der Waals surface area contributed by atoms with Gasteiger partial charge in [-0.05, 0) is 119 Å². The van der Waals surface area contributed by atoms with E-state index in [-0.39, 0.29) is 21.2 Å². The van der Waals surface area contributed by atoms with Gasteiger partial charge in [0.1, 0.15) is 0 Å². The smallest absolute Gasteiger partial charge is 0.294 e. The Balaban J connectivity index is 1.43. The van der Waals surface area contributed by atoms with Crippen LogP contribution in [0.15, 0.2) is 131 Å². The summed E-state index contributed by atoms with van der Waals surface area (Å²) in [6.45, 7) is 0. The maximum atomic E-state index is 12.0. The van der Waals surface area contributed by atoms with Crippen LogP contribution in [0.4, 0.5) is 11.4 Å². The van der Waals surface area contributed by atoms with Crippen molar-refractivity contribution in [3.63, 3.8) is 0 Å². The molecular weight excluding hydrogens is 837 g/mol. The first-order valence-electron chi connectivity index (χ1n) is 18.4. The summed E-state index contributed by atoms with van der Waals surface area (Å²) >= 11 is 0. The number of hydrogen-bond donors (Lipinski definition) is 4. The SMILES string of the molecule is O=[N+]([O-])c1ccc(-c2c3nc(c(-c4ccc(S(=O)(=O)O)cc4)c4ccc([nH]4)c(-c4ccc([N+](=O)[O-])cc4)c4nc(c(-c5ccc(S(=O)(=O)O)cc5)c5ccc2[nH]5)C=C4)C=C3)cc1. The van der Waals surface area contributed by atoms with Crippen LogP contribution in [0.1, 0.15) is 22.8 Å². The zero-order valence-corrected chi connectivity index (χ0v) is 33.3. The number of aromatic nitrogens is 4. The molecule has 9 rings (SSSR count). The Kier molecular flexibility index (Phi) is 9.56. The van der Waals surface area contributed by atoms with Crippen LogP contribution >= 0.6 is 0 Å². The lowest BCUT2D eigenvalue weighted by atomic mass is 10.0. The second-order valence-electron chi connectivity index (χ2n) is 14.1. The van der Waals surface area contributed by atoms with Gasteiger partial charge in [-0.25, -0.2) is 9.97 Å². The fourth-order valence-electron chi connectivity index (χ4n) is 7.51. The van der Waals surface area contributed by atoms with Gasteiger partial charge in [-0.3, -0.25) is 29.3 Å². The molecule has 306 valence electrons. The summed E-state index contributed by atoms with van der Waals surface area (Å²) < 4.78 is 67.5. The minimum atomic E-state index is -4.52. The lowest BCUT2D eigenvalue weighted by molar-refractivity contribution is -0.385. The predicted octanol–water partition coefficient (Wildman–Crippen LogP) is 9.63. The molecule has 18 heteroatoms. The van der Waals surface area contributed by atoms with Gasteiger partial charge in [0.25, 0.3) is 31.6 Å². The molecule has 3 aromatic heterocycles. The number of aromatic amines is 2. The van der Waals surface area contributed by atoms with Gasteiger partial charge in [0, 0.05) is 68.6 Å². The van der Waals surface area contributed by atoms with Crippen LogP contribution in [-0.2, 0) is 20.2 Å². The fraction of sp³-hybridized carbons (Fsp3) is 0. The standard InChI is InChI=1S/C44H28N6O10S2/c51-49(52)29-9-1-25(2-10-29)41-33-17-21-37(45-33)43(27-5-13-31(14-6-27)61(55,56)57)39-23-19-35(47-39)42(26-3-11-30(12-4-26)50(53)54)36-20-24-40(48-36)44(38-22-18-34(41)46-38)28-7-15-32(16-8-28)62(58,59)60/h1-24,45,48H,(H,55,56,57)(H,58,59,60). The number of rotatable bonds is 8. The average Bonchev–Trinajstić information content (AvgIpc) is 4.09. The summed E-state index contributed by atoms with van der Waals surface area (Å²) in [5, 5.41) is 23.3. The average molecular weight is 865 g/mol. The summed E-state index contributed by atoms with van der Waals surface area (Å²) in [7, 11) is -9.03. The van der Waals surface area contributed by atoms with Gasteiger partial charge in [0.2, 0.25) is 0 Å². The zero-order chi connectivity index (χ0) is 43.5. The highest BCUT2D eigenvalue weighted by molar-refractivity contribution is 7.86. The Labute approximate surface area is 351 Å². The van der Waals surface area contributed by atoms with Gasteiger partial charge in [-0.1, -0.05) is 24.3 Å². The van der Waals surface area contributed by atoms with Gasteiger partial charge in [0.15, 0.2) is 0 Å². The molecule has 0 atom stereocenters. The normalized spacial score (nSPS) is 12.4. The molecule has 7 aromatic rings. The van der Waals surface area contributed by atoms with Crippen molar-refractivity contribution in [2.24, 2.45) is 0 Å². The number of nitrogens with one attached hydrogen (secondary N) is 2. The van der Waals surface area contributed by atoms with E-state index in [1.165, 1.54) is 72.8 Å². The number of hydrogen-bond acceptors (Lipinski definition) is 10. The summed E-state index contributed by atoms with van der Waals surface area (Å²) in [4.78, 5) is 38.8. The molecule has 2 aliphatic heterocycles. The number of nitro groups is 2. The van der Waals surface area contributed by atoms with Crippen molar-refractivity contribution in [3.05, 3.63) is 164 Å². The largest absolute Gasteiger partial charge is 0.354 e. The Hall–Kier alpha value is -7.90. The molecule has 0 unspecified atom stereocenters. The zero-order valence-electron chi connectivity index (χ0n) is 31.6. The molecule has 0 amide bonds. The number of non-ortho nitro benzene ring substituents is 2. The molecule has 4 aromatic carbocycles. The van der Waals surface area contributed by atoms with E-state index in [0.29, 0.717) is 89.4 Å². The van der Waals surface area contributed by atoms with Crippen LogP contribution in [0.2, 0.25) is 0 Å². The molecule has 4 N–H and O–H groups in total. The van der Waals surface area contributed by atoms with Gasteiger partial charge in [-0.15, -0.1) is 0 Å². The summed E-state index contributed by atoms with van der Waals surface area (Å²) in [5.74, 6) is 0. The molecule has 0 saturated carbocycles. The number of fused-ring (bicyclic) bond motifs is 8. The number of H-pyrrole nitrogens is 2. The summed E-state index contributed by atoms with van der Waals surface area (Å²) in [5.41, 5.74) is 8.13. The Morgan fingerprint density at radius 3 is 0.871 bits per heavy atom. The van der Waals surface area contributed by atoms with E-state index >= 15 is 0 Å². The highest BCUT2D eigenvalue weighted by atomic mass is 32.2. The maximum absolute atomic E-state index is 12.0. The van der Waals surface area contributed by atoms with Gasteiger partial charge in [-0.2, -0.15) is 16.8 Å². The highest BCUT2D eigenvalue weighted by Gasteiger charge is 2.21. The minimum Gasteiger partial charge on any atom is -0.354 e. The van der Waals surface area contributed by atoms with Crippen LogP contribution in [-0.4, -0.2) is 55.7 Å². The van der Waals surface area contributed by atoms with Crippen LogP contribution < -0.4 is 0 Å². The molecular formula is C44H28N6O10S2. The van der Waals surface area contributed by atoms with Crippen LogP contribution in [0, 0.1) is 20.2 Å². The molecule has 0 saturated heterocycles. The van der Waals surface area contributed by atoms with Crippen molar-refractivity contribution in [1.29, 1.82) is 0 Å². The second kappa shape index (κ2) is 15.0. The third-order valence-corrected chi connectivity index (χ3v) is 12.1. The first-order chi connectivity index (χ1) is 29.6. The van der Waals surface area contributed by atoms with E-state index in [2.05, 4.69) is 9.97 Å². The van der Waals surface area contributed by atoms with Crippen molar-refractivity contribution < 1.29 is 35.8 Å². The molecule has 16 nitrogen and oxygen atoms in total. The van der Waals surface area contributed by atoms with Gasteiger partial charge >= 0.3 is 0 Å². The van der Waals surface area contributed by atoms with Crippen LogP contribution in [0.5, 0.6) is 0 Å².